The minimum Gasteiger partial charge on any atom is -0.492 e. The van der Waals surface area contributed by atoms with Crippen LogP contribution >= 0.6 is 0 Å². The molecule has 1 aromatic rings. The number of likely N-dealkylation sites (N-methyl/N-ethyl adjacent to an activating group) is 1. The molecule has 0 spiro atoms. The summed E-state index contributed by atoms with van der Waals surface area (Å²) in [5, 5.41) is 3.03. The Morgan fingerprint density at radius 1 is 1.22 bits per heavy atom. The van der Waals surface area contributed by atoms with Gasteiger partial charge in [0.05, 0.1) is 0 Å². The number of carbonyl (C=O) groups excluding carboxylic acids is 2. The van der Waals surface area contributed by atoms with E-state index in [-0.39, 0.29) is 17.9 Å². The van der Waals surface area contributed by atoms with Gasteiger partial charge in [0.2, 0.25) is 11.8 Å². The largest absolute Gasteiger partial charge is 0.492 e. The number of hydrogen-bond donors (Lipinski definition) is 1. The van der Waals surface area contributed by atoms with Crippen molar-refractivity contribution < 1.29 is 14.3 Å². The van der Waals surface area contributed by atoms with Crippen LogP contribution in [0.3, 0.4) is 0 Å². The van der Waals surface area contributed by atoms with Gasteiger partial charge >= 0.3 is 0 Å². The van der Waals surface area contributed by atoms with Crippen LogP contribution in [0.1, 0.15) is 45.1 Å². The third kappa shape index (κ3) is 7.20. The van der Waals surface area contributed by atoms with Crippen LogP contribution in [0.4, 0.5) is 0 Å². The number of nitrogens with zero attached hydrogens (tertiary/aromatic N) is 3. The number of carbonyl (C=O) groups is 2. The number of rotatable bonds is 11. The fourth-order valence-corrected chi connectivity index (χ4v) is 4.68. The van der Waals surface area contributed by atoms with Crippen LogP contribution in [0, 0.1) is 5.92 Å². The fourth-order valence-electron chi connectivity index (χ4n) is 4.68. The van der Waals surface area contributed by atoms with Gasteiger partial charge in [-0.2, -0.15) is 0 Å². The monoisotopic (exact) mass is 444 g/mol. The van der Waals surface area contributed by atoms with Crippen LogP contribution in [0.25, 0.3) is 0 Å². The molecule has 0 aliphatic carbocycles. The van der Waals surface area contributed by atoms with Gasteiger partial charge in [-0.05, 0) is 44.0 Å². The summed E-state index contributed by atoms with van der Waals surface area (Å²) in [6.45, 7) is 10.9. The highest BCUT2D eigenvalue weighted by molar-refractivity contribution is 5.79. The quantitative estimate of drug-likeness (QED) is 0.568. The summed E-state index contributed by atoms with van der Waals surface area (Å²) in [4.78, 5) is 30.6. The molecule has 3 rings (SSSR count). The van der Waals surface area contributed by atoms with Gasteiger partial charge in [-0.1, -0.05) is 26.0 Å². The molecule has 2 heterocycles. The lowest BCUT2D eigenvalue weighted by Gasteiger charge is -2.36. The second-order valence-electron chi connectivity index (χ2n) is 9.18. The van der Waals surface area contributed by atoms with Crippen molar-refractivity contribution in [3.05, 3.63) is 29.8 Å². The molecule has 0 radical (unpaired) electrons. The lowest BCUT2D eigenvalue weighted by atomic mass is 10.0. The zero-order valence-corrected chi connectivity index (χ0v) is 20.0. The van der Waals surface area contributed by atoms with E-state index in [1.807, 2.05) is 17.0 Å². The topological polar surface area (TPSA) is 65.1 Å². The van der Waals surface area contributed by atoms with Gasteiger partial charge in [-0.15, -0.1) is 0 Å². The molecular formula is C25H40N4O3. The number of piperazine rings is 1. The van der Waals surface area contributed by atoms with E-state index in [0.29, 0.717) is 18.9 Å². The van der Waals surface area contributed by atoms with Crippen molar-refractivity contribution in [1.82, 2.24) is 20.0 Å². The van der Waals surface area contributed by atoms with Crippen LogP contribution in [-0.2, 0) is 16.1 Å². The molecule has 2 saturated heterocycles. The average Bonchev–Trinajstić information content (AvgIpc) is 3.19. The maximum absolute atomic E-state index is 12.5. The standard InChI is InChI=1S/C25H40N4O3/c1-4-21(5-2)25(31)29-13-11-28(12-14-29)15-16-32-23-8-6-7-20(17-23)18-27(3)19-22-9-10-24(30)26-22/h6-8,17,21-22H,4-5,9-16,18-19H2,1-3H3,(H,26,30)/t22-/m1/s1. The molecular weight excluding hydrogens is 404 g/mol. The van der Waals surface area contributed by atoms with Crippen LogP contribution in [-0.4, -0.2) is 85.5 Å². The van der Waals surface area contributed by atoms with Crippen LogP contribution in [0.2, 0.25) is 0 Å². The van der Waals surface area contributed by atoms with E-state index < -0.39 is 0 Å². The Kier molecular flexibility index (Phi) is 9.36. The molecule has 0 saturated carbocycles. The zero-order chi connectivity index (χ0) is 22.9. The molecule has 0 bridgehead atoms. The Labute approximate surface area is 193 Å². The fraction of sp³-hybridized carbons (Fsp3) is 0.680. The SMILES string of the molecule is CCC(CC)C(=O)N1CCN(CCOc2cccc(CN(C)C[C@H]3CCC(=O)N3)c2)CC1. The maximum atomic E-state index is 12.5. The number of amides is 2. The number of nitrogens with one attached hydrogen (secondary N) is 1. The first-order valence-electron chi connectivity index (χ1n) is 12.2. The molecule has 2 fully saturated rings. The number of benzene rings is 1. The van der Waals surface area contributed by atoms with Crippen LogP contribution in [0.5, 0.6) is 5.75 Å². The van der Waals surface area contributed by atoms with Crippen molar-refractivity contribution in [2.45, 2.75) is 52.1 Å². The third-order valence-corrected chi connectivity index (χ3v) is 6.66. The lowest BCUT2D eigenvalue weighted by Crippen LogP contribution is -2.51. The van der Waals surface area contributed by atoms with E-state index in [0.717, 1.165) is 70.8 Å². The first-order chi connectivity index (χ1) is 15.5. The van der Waals surface area contributed by atoms with E-state index >= 15 is 0 Å². The Morgan fingerprint density at radius 2 is 1.97 bits per heavy atom. The summed E-state index contributed by atoms with van der Waals surface area (Å²) in [5.74, 6) is 1.56. The molecule has 0 aromatic heterocycles. The van der Waals surface area contributed by atoms with Crippen molar-refractivity contribution in [2.75, 3.05) is 52.9 Å². The predicted molar refractivity (Wildman–Crippen MR) is 127 cm³/mol. The predicted octanol–water partition coefficient (Wildman–Crippen LogP) is 2.36. The maximum Gasteiger partial charge on any atom is 0.225 e. The van der Waals surface area contributed by atoms with Gasteiger partial charge in [-0.25, -0.2) is 0 Å². The average molecular weight is 445 g/mol. The molecule has 7 nitrogen and oxygen atoms in total. The van der Waals surface area contributed by atoms with Gasteiger partial charge in [0.15, 0.2) is 0 Å². The second-order valence-corrected chi connectivity index (χ2v) is 9.18. The molecule has 1 atom stereocenters. The normalized spacial score (nSPS) is 19.6. The first kappa shape index (κ1) is 24.5. The van der Waals surface area contributed by atoms with Gasteiger partial charge in [-0.3, -0.25) is 14.5 Å². The minimum absolute atomic E-state index is 0.165. The highest BCUT2D eigenvalue weighted by Crippen LogP contribution is 2.17. The van der Waals surface area contributed by atoms with Gasteiger partial charge in [0, 0.05) is 64.2 Å². The summed E-state index contributed by atoms with van der Waals surface area (Å²) >= 11 is 0. The van der Waals surface area contributed by atoms with Crippen molar-refractivity contribution in [3.63, 3.8) is 0 Å². The van der Waals surface area contributed by atoms with Crippen LogP contribution in [0.15, 0.2) is 24.3 Å². The Morgan fingerprint density at radius 3 is 2.62 bits per heavy atom. The summed E-state index contributed by atoms with van der Waals surface area (Å²) < 4.78 is 6.03. The molecule has 7 heteroatoms. The van der Waals surface area contributed by atoms with Crippen molar-refractivity contribution in [2.24, 2.45) is 5.92 Å². The first-order valence-corrected chi connectivity index (χ1v) is 12.2. The second kappa shape index (κ2) is 12.2. The van der Waals surface area contributed by atoms with Gasteiger partial charge in [0.1, 0.15) is 12.4 Å². The Bertz CT molecular complexity index is 744. The summed E-state index contributed by atoms with van der Waals surface area (Å²) in [7, 11) is 2.09. The van der Waals surface area contributed by atoms with E-state index in [9.17, 15) is 9.59 Å². The Hall–Kier alpha value is -2.12. The van der Waals surface area contributed by atoms with E-state index in [4.69, 9.17) is 4.74 Å². The molecule has 32 heavy (non-hydrogen) atoms. The molecule has 178 valence electrons. The highest BCUT2D eigenvalue weighted by atomic mass is 16.5. The highest BCUT2D eigenvalue weighted by Gasteiger charge is 2.25. The van der Waals surface area contributed by atoms with Crippen molar-refractivity contribution in [1.29, 1.82) is 0 Å². The third-order valence-electron chi connectivity index (χ3n) is 6.66. The Balaban J connectivity index is 1.37. The molecule has 2 aliphatic heterocycles. The number of hydrogen-bond acceptors (Lipinski definition) is 5. The molecule has 0 unspecified atom stereocenters. The smallest absolute Gasteiger partial charge is 0.225 e. The lowest BCUT2D eigenvalue weighted by molar-refractivity contribution is -0.137. The summed E-state index contributed by atoms with van der Waals surface area (Å²) in [6.07, 6.45) is 3.42. The summed E-state index contributed by atoms with van der Waals surface area (Å²) in [6, 6.07) is 8.53. The molecule has 2 amide bonds. The summed E-state index contributed by atoms with van der Waals surface area (Å²) in [5.41, 5.74) is 1.21. The number of ether oxygens (including phenoxy) is 1. The van der Waals surface area contributed by atoms with E-state index in [1.54, 1.807) is 0 Å². The zero-order valence-electron chi connectivity index (χ0n) is 20.0. The van der Waals surface area contributed by atoms with Crippen LogP contribution < -0.4 is 10.1 Å². The van der Waals surface area contributed by atoms with Crippen molar-refractivity contribution >= 4 is 11.8 Å². The minimum atomic E-state index is 0.165. The molecule has 2 aliphatic rings. The molecule has 1 aromatic carbocycles. The van der Waals surface area contributed by atoms with E-state index in [2.05, 4.69) is 48.1 Å². The van der Waals surface area contributed by atoms with Crippen molar-refractivity contribution in [3.8, 4) is 5.75 Å². The van der Waals surface area contributed by atoms with Gasteiger partial charge < -0.3 is 19.9 Å². The van der Waals surface area contributed by atoms with E-state index in [1.165, 1.54) is 5.56 Å². The van der Waals surface area contributed by atoms with Gasteiger partial charge in [0.25, 0.3) is 0 Å². The molecule has 1 N–H and O–H groups in total.